The number of hydrogen-bond donors (Lipinski definition) is 1. The smallest absolute Gasteiger partial charge is 0.0738 e. The molecule has 0 radical (unpaired) electrons. The molecule has 0 aromatic carbocycles. The zero-order valence-electron chi connectivity index (χ0n) is 10.7. The number of nitrogens with two attached hydrogens (primary N) is 1. The topological polar surface area (TPSA) is 53.1 Å². The van der Waals surface area contributed by atoms with Crippen LogP contribution in [-0.4, -0.2) is 28.0 Å². The van der Waals surface area contributed by atoms with E-state index in [2.05, 4.69) is 34.9 Å². The fourth-order valence-electron chi connectivity index (χ4n) is 2.38. The predicted molar refractivity (Wildman–Crippen MR) is 71.0 cm³/mol. The van der Waals surface area contributed by atoms with E-state index in [0.717, 1.165) is 36.2 Å². The van der Waals surface area contributed by atoms with E-state index in [4.69, 9.17) is 10.5 Å². The highest BCUT2D eigenvalue weighted by Crippen LogP contribution is 2.31. The summed E-state index contributed by atoms with van der Waals surface area (Å²) in [5.74, 6) is 0. The second kappa shape index (κ2) is 4.71. The Morgan fingerprint density at radius 2 is 2.35 bits per heavy atom. The molecule has 1 aromatic rings. The van der Waals surface area contributed by atoms with Crippen molar-refractivity contribution in [3.8, 4) is 0 Å². The van der Waals surface area contributed by atoms with Gasteiger partial charge in [-0.1, -0.05) is 0 Å². The molecule has 2 N–H and O–H groups in total. The molecule has 1 aliphatic heterocycles. The van der Waals surface area contributed by atoms with Crippen molar-refractivity contribution >= 4 is 15.9 Å². The molecular weight excluding hydrogens is 282 g/mol. The molecule has 0 spiro atoms. The molecule has 96 valence electrons. The molecule has 0 amide bonds. The standard InChI is InChI=1S/C12H20BrN3O/c1-4-16-10(11(13)8(2)15-16)7-12(14)5-6-17-9(12)3/h9H,4-7,14H2,1-3H3. The third kappa shape index (κ3) is 2.28. The van der Waals surface area contributed by atoms with E-state index >= 15 is 0 Å². The van der Waals surface area contributed by atoms with Crippen molar-refractivity contribution in [3.05, 3.63) is 15.9 Å². The SMILES string of the molecule is CCn1nc(C)c(Br)c1CC1(N)CCOC1C. The van der Waals surface area contributed by atoms with Gasteiger partial charge in [0.1, 0.15) is 0 Å². The van der Waals surface area contributed by atoms with Gasteiger partial charge in [0.15, 0.2) is 0 Å². The first kappa shape index (κ1) is 13.1. The number of hydrogen-bond acceptors (Lipinski definition) is 3. The molecule has 0 bridgehead atoms. The second-order valence-electron chi connectivity index (χ2n) is 4.83. The monoisotopic (exact) mass is 301 g/mol. The van der Waals surface area contributed by atoms with E-state index in [1.807, 2.05) is 11.6 Å². The molecule has 0 saturated carbocycles. The van der Waals surface area contributed by atoms with Gasteiger partial charge < -0.3 is 10.5 Å². The predicted octanol–water partition coefficient (Wildman–Crippen LogP) is 2.02. The van der Waals surface area contributed by atoms with Crippen molar-refractivity contribution in [2.45, 2.75) is 51.8 Å². The van der Waals surface area contributed by atoms with Crippen LogP contribution in [0.5, 0.6) is 0 Å². The van der Waals surface area contributed by atoms with Gasteiger partial charge in [-0.3, -0.25) is 4.68 Å². The van der Waals surface area contributed by atoms with Crippen molar-refractivity contribution < 1.29 is 4.74 Å². The Morgan fingerprint density at radius 1 is 1.65 bits per heavy atom. The van der Waals surface area contributed by atoms with Crippen LogP contribution in [0.4, 0.5) is 0 Å². The highest BCUT2D eigenvalue weighted by Gasteiger charge is 2.39. The van der Waals surface area contributed by atoms with Crippen LogP contribution in [0.25, 0.3) is 0 Å². The molecule has 2 rings (SSSR count). The molecule has 1 saturated heterocycles. The largest absolute Gasteiger partial charge is 0.377 e. The zero-order chi connectivity index (χ0) is 12.6. The van der Waals surface area contributed by atoms with Gasteiger partial charge in [0.05, 0.1) is 22.0 Å². The molecule has 2 atom stereocenters. The summed E-state index contributed by atoms with van der Waals surface area (Å²) in [6.07, 6.45) is 1.83. The average Bonchev–Trinajstić information content (AvgIpc) is 2.75. The molecule has 0 aliphatic carbocycles. The Kier molecular flexibility index (Phi) is 3.61. The average molecular weight is 302 g/mol. The fraction of sp³-hybridized carbons (Fsp3) is 0.750. The van der Waals surface area contributed by atoms with Crippen LogP contribution in [0, 0.1) is 6.92 Å². The highest BCUT2D eigenvalue weighted by atomic mass is 79.9. The molecular formula is C12H20BrN3O. The van der Waals surface area contributed by atoms with Crippen LogP contribution in [0.2, 0.25) is 0 Å². The van der Waals surface area contributed by atoms with Crippen LogP contribution in [-0.2, 0) is 17.7 Å². The van der Waals surface area contributed by atoms with E-state index in [1.54, 1.807) is 0 Å². The molecule has 2 heterocycles. The molecule has 1 aromatic heterocycles. The normalized spacial score (nSPS) is 28.9. The quantitative estimate of drug-likeness (QED) is 0.929. The molecule has 1 aliphatic rings. The number of rotatable bonds is 3. The minimum atomic E-state index is -0.262. The van der Waals surface area contributed by atoms with Gasteiger partial charge in [0.25, 0.3) is 0 Å². The van der Waals surface area contributed by atoms with E-state index in [9.17, 15) is 0 Å². The van der Waals surface area contributed by atoms with Gasteiger partial charge in [0.2, 0.25) is 0 Å². The lowest BCUT2D eigenvalue weighted by Crippen LogP contribution is -2.48. The summed E-state index contributed by atoms with van der Waals surface area (Å²) in [5.41, 5.74) is 8.40. The number of aromatic nitrogens is 2. The lowest BCUT2D eigenvalue weighted by Gasteiger charge is -2.27. The first-order valence-corrected chi connectivity index (χ1v) is 6.89. The van der Waals surface area contributed by atoms with Crippen LogP contribution in [0.1, 0.15) is 31.7 Å². The Morgan fingerprint density at radius 3 is 2.88 bits per heavy atom. The first-order valence-electron chi connectivity index (χ1n) is 6.10. The molecule has 4 nitrogen and oxygen atoms in total. The zero-order valence-corrected chi connectivity index (χ0v) is 12.2. The van der Waals surface area contributed by atoms with Gasteiger partial charge in [-0.2, -0.15) is 5.10 Å². The van der Waals surface area contributed by atoms with Crippen LogP contribution in [0.3, 0.4) is 0 Å². The summed E-state index contributed by atoms with van der Waals surface area (Å²) in [5, 5.41) is 4.50. The summed E-state index contributed by atoms with van der Waals surface area (Å²) < 4.78 is 8.70. The summed E-state index contributed by atoms with van der Waals surface area (Å²) in [6.45, 7) is 7.79. The first-order chi connectivity index (χ1) is 7.98. The third-order valence-electron chi connectivity index (χ3n) is 3.69. The molecule has 5 heteroatoms. The van der Waals surface area contributed by atoms with Crippen molar-refractivity contribution in [2.24, 2.45) is 5.73 Å². The Labute approximate surface area is 111 Å². The van der Waals surface area contributed by atoms with Gasteiger partial charge in [-0.15, -0.1) is 0 Å². The van der Waals surface area contributed by atoms with Crippen molar-refractivity contribution in [1.82, 2.24) is 9.78 Å². The Bertz CT molecular complexity index is 418. The fourth-order valence-corrected chi connectivity index (χ4v) is 2.80. The van der Waals surface area contributed by atoms with Crippen LogP contribution < -0.4 is 5.73 Å². The van der Waals surface area contributed by atoms with Crippen molar-refractivity contribution in [2.75, 3.05) is 6.61 Å². The van der Waals surface area contributed by atoms with Gasteiger partial charge >= 0.3 is 0 Å². The van der Waals surface area contributed by atoms with E-state index in [1.165, 1.54) is 5.69 Å². The number of aryl methyl sites for hydroxylation is 2. The lowest BCUT2D eigenvalue weighted by molar-refractivity contribution is 0.0948. The molecule has 17 heavy (non-hydrogen) atoms. The Hall–Kier alpha value is -0.390. The van der Waals surface area contributed by atoms with Gasteiger partial charge in [0, 0.05) is 25.1 Å². The minimum Gasteiger partial charge on any atom is -0.377 e. The lowest BCUT2D eigenvalue weighted by atomic mass is 9.88. The summed E-state index contributed by atoms with van der Waals surface area (Å²) >= 11 is 3.61. The summed E-state index contributed by atoms with van der Waals surface area (Å²) in [4.78, 5) is 0. The maximum atomic E-state index is 6.45. The van der Waals surface area contributed by atoms with E-state index < -0.39 is 0 Å². The third-order valence-corrected chi connectivity index (χ3v) is 4.73. The number of nitrogens with zero attached hydrogens (tertiary/aromatic N) is 2. The maximum absolute atomic E-state index is 6.45. The Balaban J connectivity index is 2.29. The minimum absolute atomic E-state index is 0.106. The number of ether oxygens (including phenoxy) is 1. The van der Waals surface area contributed by atoms with Crippen LogP contribution in [0.15, 0.2) is 4.47 Å². The molecule has 1 fully saturated rings. The molecule has 2 unspecified atom stereocenters. The summed E-state index contributed by atoms with van der Waals surface area (Å²) in [7, 11) is 0. The van der Waals surface area contributed by atoms with Crippen LogP contribution >= 0.6 is 15.9 Å². The van der Waals surface area contributed by atoms with Gasteiger partial charge in [-0.05, 0) is 43.1 Å². The van der Waals surface area contributed by atoms with E-state index in [0.29, 0.717) is 0 Å². The van der Waals surface area contributed by atoms with Crippen molar-refractivity contribution in [3.63, 3.8) is 0 Å². The highest BCUT2D eigenvalue weighted by molar-refractivity contribution is 9.10. The maximum Gasteiger partial charge on any atom is 0.0738 e. The number of halogens is 1. The second-order valence-corrected chi connectivity index (χ2v) is 5.63. The van der Waals surface area contributed by atoms with E-state index in [-0.39, 0.29) is 11.6 Å². The van der Waals surface area contributed by atoms with Crippen molar-refractivity contribution in [1.29, 1.82) is 0 Å². The van der Waals surface area contributed by atoms with Gasteiger partial charge in [-0.25, -0.2) is 0 Å². The summed E-state index contributed by atoms with van der Waals surface area (Å²) in [6, 6.07) is 0.